The zero-order valence-electron chi connectivity index (χ0n) is 9.40. The Morgan fingerprint density at radius 1 is 1.18 bits per heavy atom. The number of rotatable bonds is 5. The van der Waals surface area contributed by atoms with Crippen LogP contribution in [0.25, 0.3) is 0 Å². The summed E-state index contributed by atoms with van der Waals surface area (Å²) in [6.07, 6.45) is 1.80. The molecule has 0 saturated heterocycles. The minimum atomic E-state index is -0.174. The van der Waals surface area contributed by atoms with E-state index in [4.69, 9.17) is 11.6 Å². The lowest BCUT2D eigenvalue weighted by Crippen LogP contribution is -2.09. The summed E-state index contributed by atoms with van der Waals surface area (Å²) >= 11 is 7.73. The van der Waals surface area contributed by atoms with Crippen molar-refractivity contribution in [2.24, 2.45) is 5.92 Å². The average molecular weight is 269 g/mol. The molecule has 1 aromatic heterocycles. The van der Waals surface area contributed by atoms with Crippen LogP contribution >= 0.6 is 22.9 Å². The molecule has 0 bridgehead atoms. The molecule has 0 N–H and O–H groups in total. The predicted molar refractivity (Wildman–Crippen MR) is 72.3 cm³/mol. The molecule has 0 aliphatic heterocycles. The number of alkyl halides is 1. The monoisotopic (exact) mass is 268 g/mol. The molecule has 0 saturated carbocycles. The van der Waals surface area contributed by atoms with Crippen LogP contribution in [0.1, 0.15) is 10.4 Å². The van der Waals surface area contributed by atoms with Crippen LogP contribution < -0.4 is 0 Å². The minimum Gasteiger partial charge on any atom is -0.207 e. The van der Waals surface area contributed by atoms with E-state index in [2.05, 4.69) is 11.4 Å². The fourth-order valence-electron chi connectivity index (χ4n) is 1.89. The number of thiophene rings is 1. The lowest BCUT2D eigenvalue weighted by molar-refractivity contribution is 0.581. The van der Waals surface area contributed by atoms with Crippen molar-refractivity contribution >= 4 is 22.9 Å². The normalized spacial score (nSPS) is 12.6. The smallest absolute Gasteiger partial charge is 0.123 e. The van der Waals surface area contributed by atoms with Crippen LogP contribution in [0.4, 0.5) is 4.39 Å². The summed E-state index contributed by atoms with van der Waals surface area (Å²) in [4.78, 5) is 1.34. The molecule has 90 valence electrons. The van der Waals surface area contributed by atoms with E-state index in [1.54, 1.807) is 23.5 Å². The quantitative estimate of drug-likeness (QED) is 0.699. The van der Waals surface area contributed by atoms with Gasteiger partial charge in [-0.2, -0.15) is 0 Å². The number of halogens is 2. The second-order valence-electron chi connectivity index (χ2n) is 4.14. The Balaban J connectivity index is 2.00. The second kappa shape index (κ2) is 6.18. The zero-order chi connectivity index (χ0) is 12.1. The van der Waals surface area contributed by atoms with Crippen LogP contribution in [0.2, 0.25) is 0 Å². The van der Waals surface area contributed by atoms with Crippen LogP contribution in [0.15, 0.2) is 41.8 Å². The molecular weight excluding hydrogens is 255 g/mol. The largest absolute Gasteiger partial charge is 0.207 e. The Kier molecular flexibility index (Phi) is 4.57. The van der Waals surface area contributed by atoms with Crippen molar-refractivity contribution in [3.63, 3.8) is 0 Å². The van der Waals surface area contributed by atoms with Gasteiger partial charge in [0.15, 0.2) is 0 Å². The molecule has 1 unspecified atom stereocenters. The molecule has 0 aliphatic rings. The Bertz CT molecular complexity index is 453. The SMILES string of the molecule is Fc1cccc(CC(CCl)Cc2cccs2)c1. The predicted octanol–water partition coefficient (Wildman–Crippen LogP) is 4.53. The van der Waals surface area contributed by atoms with Gasteiger partial charge in [-0.3, -0.25) is 0 Å². The second-order valence-corrected chi connectivity index (χ2v) is 5.48. The summed E-state index contributed by atoms with van der Waals surface area (Å²) in [7, 11) is 0. The molecule has 0 amide bonds. The first-order valence-corrected chi connectivity index (χ1v) is 7.02. The number of hydrogen-bond donors (Lipinski definition) is 0. The summed E-state index contributed by atoms with van der Waals surface area (Å²) in [5, 5.41) is 2.07. The van der Waals surface area contributed by atoms with E-state index in [0.29, 0.717) is 11.8 Å². The van der Waals surface area contributed by atoms with Gasteiger partial charge in [0.2, 0.25) is 0 Å². The summed E-state index contributed by atoms with van der Waals surface area (Å²) < 4.78 is 13.1. The highest BCUT2D eigenvalue weighted by atomic mass is 35.5. The van der Waals surface area contributed by atoms with Crippen LogP contribution in [0, 0.1) is 11.7 Å². The first kappa shape index (κ1) is 12.6. The molecule has 2 aromatic rings. The van der Waals surface area contributed by atoms with E-state index >= 15 is 0 Å². The molecule has 2 rings (SSSR count). The third kappa shape index (κ3) is 3.83. The van der Waals surface area contributed by atoms with E-state index in [-0.39, 0.29) is 5.82 Å². The molecule has 0 fully saturated rings. The molecule has 17 heavy (non-hydrogen) atoms. The maximum Gasteiger partial charge on any atom is 0.123 e. The van der Waals surface area contributed by atoms with Crippen molar-refractivity contribution < 1.29 is 4.39 Å². The van der Waals surface area contributed by atoms with Crippen molar-refractivity contribution in [1.29, 1.82) is 0 Å². The lowest BCUT2D eigenvalue weighted by atomic mass is 9.97. The van der Waals surface area contributed by atoms with Crippen molar-refractivity contribution in [3.8, 4) is 0 Å². The first-order chi connectivity index (χ1) is 8.28. The first-order valence-electron chi connectivity index (χ1n) is 5.60. The molecular formula is C14H14ClFS. The van der Waals surface area contributed by atoms with Crippen molar-refractivity contribution in [2.45, 2.75) is 12.8 Å². The molecule has 1 aromatic carbocycles. The van der Waals surface area contributed by atoms with E-state index in [0.717, 1.165) is 18.4 Å². The maximum atomic E-state index is 13.1. The van der Waals surface area contributed by atoms with Crippen LogP contribution in [-0.2, 0) is 12.8 Å². The Morgan fingerprint density at radius 2 is 2.06 bits per heavy atom. The molecule has 0 spiro atoms. The third-order valence-corrected chi connectivity index (χ3v) is 4.04. The third-order valence-electron chi connectivity index (χ3n) is 2.70. The highest BCUT2D eigenvalue weighted by molar-refractivity contribution is 7.09. The fraction of sp³-hybridized carbons (Fsp3) is 0.286. The molecule has 0 aliphatic carbocycles. The minimum absolute atomic E-state index is 0.174. The summed E-state index contributed by atoms with van der Waals surface area (Å²) in [6.45, 7) is 0. The molecule has 1 heterocycles. The molecule has 3 heteroatoms. The summed E-state index contributed by atoms with van der Waals surface area (Å²) in [5.74, 6) is 0.804. The Hall–Kier alpha value is -0.860. The van der Waals surface area contributed by atoms with E-state index in [1.807, 2.05) is 12.1 Å². The van der Waals surface area contributed by atoms with Crippen LogP contribution in [0.5, 0.6) is 0 Å². The van der Waals surface area contributed by atoms with Gasteiger partial charge >= 0.3 is 0 Å². The van der Waals surface area contributed by atoms with Gasteiger partial charge in [-0.1, -0.05) is 18.2 Å². The van der Waals surface area contributed by atoms with Gasteiger partial charge in [0.05, 0.1) is 0 Å². The summed E-state index contributed by atoms with van der Waals surface area (Å²) in [5.41, 5.74) is 1.02. The topological polar surface area (TPSA) is 0 Å². The van der Waals surface area contributed by atoms with E-state index < -0.39 is 0 Å². The van der Waals surface area contributed by atoms with Gasteiger partial charge in [-0.25, -0.2) is 4.39 Å². The highest BCUT2D eigenvalue weighted by Crippen LogP contribution is 2.19. The van der Waals surface area contributed by atoms with Crippen LogP contribution in [0.3, 0.4) is 0 Å². The van der Waals surface area contributed by atoms with Gasteiger partial charge in [0.25, 0.3) is 0 Å². The van der Waals surface area contributed by atoms with Gasteiger partial charge in [-0.15, -0.1) is 22.9 Å². The van der Waals surface area contributed by atoms with Crippen LogP contribution in [-0.4, -0.2) is 5.88 Å². The molecule has 0 radical (unpaired) electrons. The highest BCUT2D eigenvalue weighted by Gasteiger charge is 2.10. The van der Waals surface area contributed by atoms with Gasteiger partial charge in [-0.05, 0) is 47.9 Å². The molecule has 0 nitrogen and oxygen atoms in total. The van der Waals surface area contributed by atoms with Gasteiger partial charge < -0.3 is 0 Å². The molecule has 1 atom stereocenters. The van der Waals surface area contributed by atoms with Gasteiger partial charge in [0.1, 0.15) is 5.82 Å². The maximum absolute atomic E-state index is 13.1. The van der Waals surface area contributed by atoms with Crippen molar-refractivity contribution in [3.05, 3.63) is 58.0 Å². The number of hydrogen-bond acceptors (Lipinski definition) is 1. The number of benzene rings is 1. The summed E-state index contributed by atoms with van der Waals surface area (Å²) in [6, 6.07) is 10.9. The zero-order valence-corrected chi connectivity index (χ0v) is 11.0. The fourth-order valence-corrected chi connectivity index (χ4v) is 2.93. The average Bonchev–Trinajstić information content (AvgIpc) is 2.81. The Labute approximate surface area is 110 Å². The van der Waals surface area contributed by atoms with Crippen molar-refractivity contribution in [2.75, 3.05) is 5.88 Å². The van der Waals surface area contributed by atoms with Crippen molar-refractivity contribution in [1.82, 2.24) is 0 Å². The van der Waals surface area contributed by atoms with Gasteiger partial charge in [0, 0.05) is 10.8 Å². The lowest BCUT2D eigenvalue weighted by Gasteiger charge is -2.12. The standard InChI is InChI=1S/C14H14ClFS/c15-10-12(9-14-5-2-6-17-14)7-11-3-1-4-13(16)8-11/h1-6,8,12H,7,9-10H2. The van der Waals surface area contributed by atoms with E-state index in [9.17, 15) is 4.39 Å². The Morgan fingerprint density at radius 3 is 2.71 bits per heavy atom. The van der Waals surface area contributed by atoms with E-state index in [1.165, 1.54) is 10.9 Å².